The zero-order valence-electron chi connectivity index (χ0n) is 15.3. The lowest BCUT2D eigenvalue weighted by Gasteiger charge is -2.32. The number of aliphatic hydroxyl groups is 1. The van der Waals surface area contributed by atoms with Crippen LogP contribution in [0.15, 0.2) is 17.1 Å². The van der Waals surface area contributed by atoms with Crippen LogP contribution < -0.4 is 11.4 Å². The average Bonchev–Trinajstić information content (AvgIpc) is 2.88. The van der Waals surface area contributed by atoms with Crippen LogP contribution in [0.25, 0.3) is 0 Å². The summed E-state index contributed by atoms with van der Waals surface area (Å²) in [4.78, 5) is 15.4. The standard InChI is InChI=1S/C15H23ClF2N3O6P/c1-3-25-28(24,26-4-2)9(17)7-15(8-16)12(22)11(18)13(27-15)21-6-5-10(19)20-14(21)23/h5-6,9,11-13,22H,3-4,7-8H2,1-2H3,(H2,19,20,23). The van der Waals surface area contributed by atoms with Gasteiger partial charge in [0, 0.05) is 12.6 Å². The Morgan fingerprint density at radius 3 is 2.61 bits per heavy atom. The number of nitrogens with two attached hydrogens (primary N) is 1. The van der Waals surface area contributed by atoms with Crippen LogP contribution in [0.3, 0.4) is 0 Å². The molecule has 1 aliphatic rings. The number of hydrogen-bond acceptors (Lipinski definition) is 8. The van der Waals surface area contributed by atoms with Crippen molar-refractivity contribution >= 4 is 25.0 Å². The van der Waals surface area contributed by atoms with Gasteiger partial charge in [0.05, 0.1) is 19.1 Å². The first-order valence-electron chi connectivity index (χ1n) is 8.57. The maximum absolute atomic E-state index is 14.9. The zero-order valence-corrected chi connectivity index (χ0v) is 17.0. The van der Waals surface area contributed by atoms with Gasteiger partial charge in [0.25, 0.3) is 0 Å². The fraction of sp³-hybridized carbons (Fsp3) is 0.733. The van der Waals surface area contributed by atoms with Crippen LogP contribution in [0.4, 0.5) is 14.6 Å². The molecule has 0 bridgehead atoms. The number of alkyl halides is 3. The number of aliphatic hydroxyl groups excluding tert-OH is 1. The molecule has 0 spiro atoms. The van der Waals surface area contributed by atoms with Gasteiger partial charge >= 0.3 is 13.3 Å². The number of anilines is 1. The number of nitrogens with zero attached hydrogens (tertiary/aromatic N) is 2. The fourth-order valence-corrected chi connectivity index (χ4v) is 4.92. The van der Waals surface area contributed by atoms with Crippen molar-refractivity contribution in [3.8, 4) is 0 Å². The molecule has 0 radical (unpaired) electrons. The van der Waals surface area contributed by atoms with Gasteiger partial charge in [-0.1, -0.05) is 0 Å². The lowest BCUT2D eigenvalue weighted by Crippen LogP contribution is -2.46. The number of aromatic nitrogens is 2. The first-order valence-corrected chi connectivity index (χ1v) is 10.7. The Balaban J connectivity index is 2.33. The van der Waals surface area contributed by atoms with Crippen LogP contribution in [-0.2, 0) is 18.3 Å². The van der Waals surface area contributed by atoms with Crippen molar-refractivity contribution in [2.75, 3.05) is 24.8 Å². The Hall–Kier alpha value is -1.10. The maximum atomic E-state index is 14.9. The van der Waals surface area contributed by atoms with E-state index in [-0.39, 0.29) is 19.0 Å². The fourth-order valence-electron chi connectivity index (χ4n) is 2.94. The second-order valence-corrected chi connectivity index (χ2v) is 8.58. The molecular formula is C15H23ClF2N3O6P. The molecular weight excluding hydrogens is 423 g/mol. The van der Waals surface area contributed by atoms with E-state index in [4.69, 9.17) is 31.1 Å². The van der Waals surface area contributed by atoms with Gasteiger partial charge in [0.2, 0.25) is 5.91 Å². The summed E-state index contributed by atoms with van der Waals surface area (Å²) in [5.74, 6) is -2.87. The molecule has 9 nitrogen and oxygen atoms in total. The van der Waals surface area contributed by atoms with E-state index in [9.17, 15) is 23.2 Å². The highest BCUT2D eigenvalue weighted by molar-refractivity contribution is 7.54. The summed E-state index contributed by atoms with van der Waals surface area (Å²) in [5.41, 5.74) is 2.50. The van der Waals surface area contributed by atoms with E-state index in [0.717, 1.165) is 10.8 Å². The first-order chi connectivity index (χ1) is 13.1. The Morgan fingerprint density at radius 1 is 1.50 bits per heavy atom. The third-order valence-electron chi connectivity index (χ3n) is 4.30. The molecule has 3 N–H and O–H groups in total. The topological polar surface area (TPSA) is 126 Å². The molecule has 0 aliphatic carbocycles. The summed E-state index contributed by atoms with van der Waals surface area (Å²) in [5, 5.41) is 10.4. The van der Waals surface area contributed by atoms with Crippen molar-refractivity contribution in [3.63, 3.8) is 0 Å². The van der Waals surface area contributed by atoms with Crippen LogP contribution >= 0.6 is 19.2 Å². The number of ether oxygens (including phenoxy) is 1. The number of halogens is 3. The molecule has 2 heterocycles. The normalized spacial score (nSPS) is 29.1. The molecule has 5 unspecified atom stereocenters. The van der Waals surface area contributed by atoms with E-state index in [2.05, 4.69) is 4.98 Å². The Labute approximate surface area is 165 Å². The van der Waals surface area contributed by atoms with Gasteiger partial charge in [-0.2, -0.15) is 4.98 Å². The number of hydrogen-bond donors (Lipinski definition) is 2. The second-order valence-electron chi connectivity index (χ2n) is 6.15. The highest BCUT2D eigenvalue weighted by Gasteiger charge is 2.58. The Morgan fingerprint density at radius 2 is 2.11 bits per heavy atom. The van der Waals surface area contributed by atoms with Crippen LogP contribution in [0.1, 0.15) is 26.5 Å². The van der Waals surface area contributed by atoms with E-state index in [0.29, 0.717) is 0 Å². The van der Waals surface area contributed by atoms with E-state index in [1.807, 2.05) is 0 Å². The van der Waals surface area contributed by atoms with Gasteiger partial charge in [-0.3, -0.25) is 9.13 Å². The van der Waals surface area contributed by atoms with Crippen molar-refractivity contribution in [3.05, 3.63) is 22.7 Å². The molecule has 1 fully saturated rings. The number of nitrogen functional groups attached to an aromatic ring is 1. The summed E-state index contributed by atoms with van der Waals surface area (Å²) < 4.78 is 58.4. The Bertz CT molecular complexity index is 776. The molecule has 0 aromatic carbocycles. The molecule has 13 heteroatoms. The summed E-state index contributed by atoms with van der Waals surface area (Å²) >= 11 is 5.88. The summed E-state index contributed by atoms with van der Waals surface area (Å²) in [6, 6.07) is 1.24. The van der Waals surface area contributed by atoms with Crippen molar-refractivity contribution in [1.82, 2.24) is 9.55 Å². The SMILES string of the molecule is CCOP(=O)(OCC)C(F)CC1(CCl)OC(n2ccc(N)nc2=O)C(F)C1O. The van der Waals surface area contributed by atoms with E-state index >= 15 is 0 Å². The van der Waals surface area contributed by atoms with Crippen molar-refractivity contribution in [1.29, 1.82) is 0 Å². The summed E-state index contributed by atoms with van der Waals surface area (Å²) in [6.45, 7) is 2.83. The highest BCUT2D eigenvalue weighted by Crippen LogP contribution is 2.57. The zero-order chi connectivity index (χ0) is 21.1. The third kappa shape index (κ3) is 4.39. The van der Waals surface area contributed by atoms with Crippen LogP contribution in [-0.4, -0.2) is 57.5 Å². The molecule has 1 aromatic heterocycles. The molecule has 1 aliphatic heterocycles. The van der Waals surface area contributed by atoms with Crippen molar-refractivity contribution < 1.29 is 32.2 Å². The molecule has 0 saturated carbocycles. The lowest BCUT2D eigenvalue weighted by atomic mass is 9.94. The molecule has 1 aromatic rings. The van der Waals surface area contributed by atoms with Crippen molar-refractivity contribution in [2.24, 2.45) is 0 Å². The highest BCUT2D eigenvalue weighted by atomic mass is 35.5. The molecule has 1 saturated heterocycles. The first kappa shape index (κ1) is 23.2. The second kappa shape index (κ2) is 9.15. The monoisotopic (exact) mass is 445 g/mol. The van der Waals surface area contributed by atoms with Gasteiger partial charge in [-0.25, -0.2) is 13.6 Å². The largest absolute Gasteiger partial charge is 0.387 e. The quantitative estimate of drug-likeness (QED) is 0.436. The minimum Gasteiger partial charge on any atom is -0.387 e. The van der Waals surface area contributed by atoms with E-state index < -0.39 is 55.6 Å². The average molecular weight is 446 g/mol. The van der Waals surface area contributed by atoms with Gasteiger partial charge in [0.1, 0.15) is 17.5 Å². The van der Waals surface area contributed by atoms with E-state index in [1.54, 1.807) is 0 Å². The number of rotatable bonds is 9. The van der Waals surface area contributed by atoms with E-state index in [1.165, 1.54) is 19.9 Å². The van der Waals surface area contributed by atoms with Gasteiger partial charge in [0.15, 0.2) is 12.4 Å². The lowest BCUT2D eigenvalue weighted by molar-refractivity contribution is -0.101. The Kier molecular flexibility index (Phi) is 7.57. The predicted molar refractivity (Wildman–Crippen MR) is 97.8 cm³/mol. The minimum absolute atomic E-state index is 0.0861. The third-order valence-corrected chi connectivity index (χ3v) is 6.85. The van der Waals surface area contributed by atoms with Crippen molar-refractivity contribution in [2.45, 2.75) is 50.3 Å². The van der Waals surface area contributed by atoms with Crippen LogP contribution in [0.2, 0.25) is 0 Å². The summed E-state index contributed by atoms with van der Waals surface area (Å²) in [6.07, 6.45) is -5.30. The van der Waals surface area contributed by atoms with Gasteiger partial charge in [-0.15, -0.1) is 11.6 Å². The summed E-state index contributed by atoms with van der Waals surface area (Å²) in [7, 11) is -4.21. The molecule has 0 amide bonds. The van der Waals surface area contributed by atoms with Gasteiger partial charge < -0.3 is 24.6 Å². The smallest absolute Gasteiger partial charge is 0.364 e. The molecule has 160 valence electrons. The minimum atomic E-state index is -4.21. The molecule has 2 rings (SSSR count). The predicted octanol–water partition coefficient (Wildman–Crippen LogP) is 1.98. The van der Waals surface area contributed by atoms with Gasteiger partial charge in [-0.05, 0) is 19.9 Å². The van der Waals surface area contributed by atoms with Crippen LogP contribution in [0, 0.1) is 0 Å². The maximum Gasteiger partial charge on any atom is 0.364 e. The molecule has 28 heavy (non-hydrogen) atoms. The van der Waals surface area contributed by atoms with Crippen LogP contribution in [0.5, 0.6) is 0 Å². The molecule has 5 atom stereocenters.